The van der Waals surface area contributed by atoms with Crippen molar-refractivity contribution in [3.63, 3.8) is 0 Å². The Morgan fingerprint density at radius 2 is 2.33 bits per heavy atom. The number of ether oxygens (including phenoxy) is 1. The lowest BCUT2D eigenvalue weighted by Gasteiger charge is -2.14. The van der Waals surface area contributed by atoms with Crippen LogP contribution in [0.3, 0.4) is 0 Å². The third-order valence-corrected chi connectivity index (χ3v) is 2.89. The average Bonchev–Trinajstić information content (AvgIpc) is 2.57. The third-order valence-electron chi connectivity index (χ3n) is 2.59. The van der Waals surface area contributed by atoms with Crippen LogP contribution in [0.15, 0.2) is 12.1 Å². The van der Waals surface area contributed by atoms with Crippen LogP contribution in [0.4, 0.5) is 0 Å². The molecule has 0 spiro atoms. The number of benzene rings is 1. The summed E-state index contributed by atoms with van der Waals surface area (Å²) in [5.41, 5.74) is 1.72. The Labute approximate surface area is 91.1 Å². The van der Waals surface area contributed by atoms with Crippen LogP contribution < -0.4 is 0 Å². The highest BCUT2D eigenvalue weighted by atomic mass is 35.5. The molecule has 15 heavy (non-hydrogen) atoms. The van der Waals surface area contributed by atoms with Gasteiger partial charge in [-0.3, -0.25) is 0 Å². The molecule has 0 radical (unpaired) electrons. The van der Waals surface area contributed by atoms with E-state index in [1.807, 2.05) is 0 Å². The fourth-order valence-electron chi connectivity index (χ4n) is 1.86. The number of aromatic hydroxyl groups is 1. The Kier molecular flexibility index (Phi) is 1.87. The molecule has 0 saturated heterocycles. The highest BCUT2D eigenvalue weighted by Gasteiger charge is 2.16. The van der Waals surface area contributed by atoms with E-state index in [-0.39, 0.29) is 5.75 Å². The maximum atomic E-state index is 9.53. The van der Waals surface area contributed by atoms with Gasteiger partial charge in [-0.25, -0.2) is 4.98 Å². The summed E-state index contributed by atoms with van der Waals surface area (Å²) in [6.07, 6.45) is 0. The van der Waals surface area contributed by atoms with Gasteiger partial charge in [0.1, 0.15) is 18.2 Å². The topological polar surface area (TPSA) is 47.3 Å². The zero-order valence-electron chi connectivity index (χ0n) is 7.90. The minimum Gasteiger partial charge on any atom is -0.506 e. The number of hydrogen-bond acceptors (Lipinski definition) is 3. The van der Waals surface area contributed by atoms with Crippen molar-refractivity contribution in [3.05, 3.63) is 23.0 Å². The summed E-state index contributed by atoms with van der Waals surface area (Å²) >= 11 is 5.82. The van der Waals surface area contributed by atoms with Gasteiger partial charge >= 0.3 is 0 Å². The zero-order chi connectivity index (χ0) is 10.4. The van der Waals surface area contributed by atoms with Crippen LogP contribution in [-0.4, -0.2) is 21.3 Å². The number of phenols is 1. The summed E-state index contributed by atoms with van der Waals surface area (Å²) in [5.74, 6) is 0.983. The van der Waals surface area contributed by atoms with Gasteiger partial charge in [0.25, 0.3) is 0 Å². The number of rotatable bonds is 0. The van der Waals surface area contributed by atoms with E-state index in [1.54, 1.807) is 12.1 Å². The van der Waals surface area contributed by atoms with Crippen LogP contribution in [0.2, 0.25) is 5.02 Å². The van der Waals surface area contributed by atoms with Gasteiger partial charge in [-0.15, -0.1) is 0 Å². The molecule has 2 aromatic rings. The summed E-state index contributed by atoms with van der Waals surface area (Å²) in [7, 11) is 0. The van der Waals surface area contributed by atoms with E-state index < -0.39 is 0 Å². The van der Waals surface area contributed by atoms with Gasteiger partial charge < -0.3 is 14.4 Å². The van der Waals surface area contributed by atoms with E-state index in [9.17, 15) is 5.11 Å². The molecule has 1 aliphatic heterocycles. The summed E-state index contributed by atoms with van der Waals surface area (Å²) in [6.45, 7) is 1.97. The fraction of sp³-hybridized carbons (Fsp3) is 0.300. The molecular formula is C10H9ClN2O2. The Balaban J connectivity index is 2.33. The molecule has 0 aliphatic carbocycles. The quantitative estimate of drug-likeness (QED) is 0.744. The summed E-state index contributed by atoms with van der Waals surface area (Å²) in [5, 5.41) is 9.87. The van der Waals surface area contributed by atoms with Gasteiger partial charge in [0, 0.05) is 12.6 Å². The van der Waals surface area contributed by atoms with Crippen LogP contribution in [0, 0.1) is 0 Å². The number of fused-ring (bicyclic) bond motifs is 3. The maximum absolute atomic E-state index is 9.53. The Bertz CT molecular complexity index is 536. The van der Waals surface area contributed by atoms with E-state index in [4.69, 9.17) is 16.3 Å². The maximum Gasteiger partial charge on any atom is 0.136 e. The molecule has 1 N–H and O–H groups in total. The highest BCUT2D eigenvalue weighted by molar-refractivity contribution is 6.32. The summed E-state index contributed by atoms with van der Waals surface area (Å²) < 4.78 is 7.36. The van der Waals surface area contributed by atoms with Crippen LogP contribution in [0.25, 0.3) is 11.0 Å². The fourth-order valence-corrected chi connectivity index (χ4v) is 2.02. The normalized spacial score (nSPS) is 15.5. The van der Waals surface area contributed by atoms with Gasteiger partial charge in [-0.05, 0) is 6.07 Å². The van der Waals surface area contributed by atoms with Crippen molar-refractivity contribution < 1.29 is 9.84 Å². The first-order chi connectivity index (χ1) is 7.25. The van der Waals surface area contributed by atoms with Crippen molar-refractivity contribution in [2.45, 2.75) is 13.2 Å². The Hall–Kier alpha value is -1.26. The van der Waals surface area contributed by atoms with Gasteiger partial charge in [0.05, 0.1) is 22.7 Å². The molecule has 0 fully saturated rings. The number of imidazole rings is 1. The SMILES string of the molecule is Oc1cc2c(cc1Cl)nc1n2CCOC1. The minimum absolute atomic E-state index is 0.0957. The van der Waals surface area contributed by atoms with E-state index in [0.717, 1.165) is 23.4 Å². The minimum atomic E-state index is 0.0957. The second-order valence-corrected chi connectivity index (χ2v) is 3.93. The number of hydrogen-bond donors (Lipinski definition) is 1. The number of aromatic nitrogens is 2. The van der Waals surface area contributed by atoms with Gasteiger partial charge in [0.2, 0.25) is 0 Å². The van der Waals surface area contributed by atoms with Crippen molar-refractivity contribution in [2.75, 3.05) is 6.61 Å². The molecule has 5 heteroatoms. The van der Waals surface area contributed by atoms with Crippen molar-refractivity contribution in [1.82, 2.24) is 9.55 Å². The molecule has 78 valence electrons. The first-order valence-electron chi connectivity index (χ1n) is 4.71. The lowest BCUT2D eigenvalue weighted by molar-refractivity contribution is 0.0830. The molecule has 0 saturated carbocycles. The van der Waals surface area contributed by atoms with Crippen LogP contribution in [-0.2, 0) is 17.9 Å². The second-order valence-electron chi connectivity index (χ2n) is 3.52. The average molecular weight is 225 g/mol. The van der Waals surface area contributed by atoms with Gasteiger partial charge in [-0.2, -0.15) is 0 Å². The monoisotopic (exact) mass is 224 g/mol. The predicted octanol–water partition coefficient (Wildman–Crippen LogP) is 1.93. The standard InChI is InChI=1S/C10H9ClN2O2/c11-6-3-7-8(4-9(6)14)13-1-2-15-5-10(13)12-7/h3-4,14H,1-2,5H2. The highest BCUT2D eigenvalue weighted by Crippen LogP contribution is 2.30. The molecule has 3 rings (SSSR count). The smallest absolute Gasteiger partial charge is 0.136 e. The molecule has 1 aromatic heterocycles. The number of phenolic OH excluding ortho intramolecular Hbond substituents is 1. The molecule has 0 atom stereocenters. The number of halogens is 1. The zero-order valence-corrected chi connectivity index (χ0v) is 8.66. The van der Waals surface area contributed by atoms with E-state index in [1.165, 1.54) is 0 Å². The second kappa shape index (κ2) is 3.12. The summed E-state index contributed by atoms with van der Waals surface area (Å²) in [6, 6.07) is 3.33. The lowest BCUT2D eigenvalue weighted by atomic mass is 10.3. The van der Waals surface area contributed by atoms with Crippen LogP contribution >= 0.6 is 11.6 Å². The Morgan fingerprint density at radius 1 is 1.47 bits per heavy atom. The van der Waals surface area contributed by atoms with Gasteiger partial charge in [0.15, 0.2) is 0 Å². The molecular weight excluding hydrogens is 216 g/mol. The molecule has 0 bridgehead atoms. The lowest BCUT2D eigenvalue weighted by Crippen LogP contribution is -2.16. The molecule has 0 unspecified atom stereocenters. The number of nitrogens with zero attached hydrogens (tertiary/aromatic N) is 2. The van der Waals surface area contributed by atoms with E-state index in [2.05, 4.69) is 9.55 Å². The van der Waals surface area contributed by atoms with Crippen molar-refractivity contribution in [3.8, 4) is 5.75 Å². The Morgan fingerprint density at radius 3 is 3.20 bits per heavy atom. The molecule has 2 heterocycles. The van der Waals surface area contributed by atoms with E-state index in [0.29, 0.717) is 18.2 Å². The first kappa shape index (κ1) is 9.00. The molecule has 0 amide bonds. The largest absolute Gasteiger partial charge is 0.506 e. The van der Waals surface area contributed by atoms with Crippen molar-refractivity contribution >= 4 is 22.6 Å². The molecule has 1 aromatic carbocycles. The van der Waals surface area contributed by atoms with E-state index >= 15 is 0 Å². The first-order valence-corrected chi connectivity index (χ1v) is 5.09. The van der Waals surface area contributed by atoms with Crippen molar-refractivity contribution in [1.29, 1.82) is 0 Å². The third kappa shape index (κ3) is 1.29. The molecule has 4 nitrogen and oxygen atoms in total. The summed E-state index contributed by atoms with van der Waals surface area (Å²) in [4.78, 5) is 4.40. The van der Waals surface area contributed by atoms with Gasteiger partial charge in [-0.1, -0.05) is 11.6 Å². The van der Waals surface area contributed by atoms with Crippen molar-refractivity contribution in [2.24, 2.45) is 0 Å². The van der Waals surface area contributed by atoms with Crippen LogP contribution in [0.5, 0.6) is 5.75 Å². The predicted molar refractivity (Wildman–Crippen MR) is 56.1 cm³/mol. The van der Waals surface area contributed by atoms with Crippen LogP contribution in [0.1, 0.15) is 5.82 Å². The molecule has 1 aliphatic rings.